The minimum Gasteiger partial charge on any atom is -0.462 e. The van der Waals surface area contributed by atoms with E-state index in [1.165, 1.54) is 0 Å². The second-order valence-electron chi connectivity index (χ2n) is 3.41. The highest BCUT2D eigenvalue weighted by molar-refractivity contribution is 7.37. The predicted octanol–water partition coefficient (Wildman–Crippen LogP) is 2.40. The first kappa shape index (κ1) is 14.3. The first-order valence-electron chi connectivity index (χ1n) is 5.00. The minimum atomic E-state index is -1.99. The second-order valence-corrected chi connectivity index (χ2v) is 4.56. The maximum atomic E-state index is 10.9. The van der Waals surface area contributed by atoms with E-state index in [2.05, 4.69) is 6.58 Å². The molecule has 0 aliphatic carbocycles. The van der Waals surface area contributed by atoms with Crippen LogP contribution >= 0.6 is 8.03 Å². The molecular formula is C10H18O4P+. The third kappa shape index (κ3) is 9.57. The fourth-order valence-electron chi connectivity index (χ4n) is 0.991. The molecule has 86 valence electrons. The van der Waals surface area contributed by atoms with Crippen LogP contribution in [0.2, 0.25) is 0 Å². The van der Waals surface area contributed by atoms with Gasteiger partial charge in [-0.05, 0) is 37.2 Å². The van der Waals surface area contributed by atoms with Crippen molar-refractivity contribution < 1.29 is 19.0 Å². The van der Waals surface area contributed by atoms with Crippen molar-refractivity contribution in [2.75, 3.05) is 12.8 Å². The minimum absolute atomic E-state index is 0.353. The number of unbranched alkanes of at least 4 members (excludes halogenated alkanes) is 3. The van der Waals surface area contributed by atoms with Gasteiger partial charge < -0.3 is 4.74 Å². The third-order valence-electron chi connectivity index (χ3n) is 1.83. The molecule has 0 aromatic rings. The standard InChI is InChI=1S/C10H17O4P/c1-9(2)10(11)14-7-5-3-4-6-8-15(12)13/h1,3-8H2,2H3/p+1. The molecule has 0 aliphatic rings. The van der Waals surface area contributed by atoms with Crippen LogP contribution < -0.4 is 0 Å². The van der Waals surface area contributed by atoms with Gasteiger partial charge in [0.25, 0.3) is 0 Å². The van der Waals surface area contributed by atoms with Crippen molar-refractivity contribution in [3.05, 3.63) is 12.2 Å². The molecule has 1 N–H and O–H groups in total. The van der Waals surface area contributed by atoms with Crippen molar-refractivity contribution in [2.45, 2.75) is 32.6 Å². The van der Waals surface area contributed by atoms with Crippen LogP contribution in [0.15, 0.2) is 12.2 Å². The van der Waals surface area contributed by atoms with Crippen molar-refractivity contribution in [2.24, 2.45) is 0 Å². The molecule has 0 saturated heterocycles. The van der Waals surface area contributed by atoms with Crippen LogP contribution in [-0.4, -0.2) is 23.6 Å². The van der Waals surface area contributed by atoms with Gasteiger partial charge >= 0.3 is 14.0 Å². The number of carbonyl (C=O) groups excluding carboxylic acids is 1. The summed E-state index contributed by atoms with van der Waals surface area (Å²) < 4.78 is 15.2. The zero-order chi connectivity index (χ0) is 11.7. The Morgan fingerprint density at radius 1 is 1.33 bits per heavy atom. The lowest BCUT2D eigenvalue weighted by molar-refractivity contribution is -0.139. The van der Waals surface area contributed by atoms with Crippen LogP contribution in [0.1, 0.15) is 32.6 Å². The molecule has 0 saturated carbocycles. The van der Waals surface area contributed by atoms with Gasteiger partial charge in [-0.1, -0.05) is 6.58 Å². The van der Waals surface area contributed by atoms with E-state index < -0.39 is 8.03 Å². The van der Waals surface area contributed by atoms with E-state index in [9.17, 15) is 9.36 Å². The first-order valence-corrected chi connectivity index (χ1v) is 6.40. The second kappa shape index (κ2) is 8.57. The molecule has 0 aromatic carbocycles. The van der Waals surface area contributed by atoms with Gasteiger partial charge in [0.05, 0.1) is 6.61 Å². The summed E-state index contributed by atoms with van der Waals surface area (Å²) in [6, 6.07) is 0. The van der Waals surface area contributed by atoms with Crippen molar-refractivity contribution in [3.8, 4) is 0 Å². The number of carbonyl (C=O) groups is 1. The summed E-state index contributed by atoms with van der Waals surface area (Å²) in [6.45, 7) is 5.48. The first-order chi connectivity index (χ1) is 7.04. The van der Waals surface area contributed by atoms with E-state index >= 15 is 0 Å². The van der Waals surface area contributed by atoms with Gasteiger partial charge in [0.15, 0.2) is 6.16 Å². The van der Waals surface area contributed by atoms with Crippen molar-refractivity contribution in [1.29, 1.82) is 0 Å². The lowest BCUT2D eigenvalue weighted by atomic mass is 10.2. The Balaban J connectivity index is 3.22. The quantitative estimate of drug-likeness (QED) is 0.302. The molecule has 0 amide bonds. The molecule has 0 spiro atoms. The zero-order valence-electron chi connectivity index (χ0n) is 9.07. The Morgan fingerprint density at radius 2 is 1.93 bits per heavy atom. The van der Waals surface area contributed by atoms with Gasteiger partial charge in [-0.3, -0.25) is 0 Å². The molecule has 5 heteroatoms. The van der Waals surface area contributed by atoms with Crippen LogP contribution in [0.5, 0.6) is 0 Å². The zero-order valence-corrected chi connectivity index (χ0v) is 9.96. The molecule has 4 nitrogen and oxygen atoms in total. The van der Waals surface area contributed by atoms with Crippen molar-refractivity contribution >= 4 is 14.0 Å². The fraction of sp³-hybridized carbons (Fsp3) is 0.700. The largest absolute Gasteiger partial charge is 0.505 e. The van der Waals surface area contributed by atoms with Crippen molar-refractivity contribution in [3.63, 3.8) is 0 Å². The smallest absolute Gasteiger partial charge is 0.462 e. The number of ether oxygens (including phenoxy) is 1. The lowest BCUT2D eigenvalue weighted by Gasteiger charge is -2.02. The van der Waals surface area contributed by atoms with Crippen LogP contribution in [0.4, 0.5) is 0 Å². The summed E-state index contributed by atoms with van der Waals surface area (Å²) >= 11 is 0. The van der Waals surface area contributed by atoms with Gasteiger partial charge in [-0.2, -0.15) is 4.89 Å². The van der Waals surface area contributed by atoms with E-state index in [0.717, 1.165) is 25.7 Å². The highest BCUT2D eigenvalue weighted by atomic mass is 31.1. The van der Waals surface area contributed by atoms with Gasteiger partial charge in [0.2, 0.25) is 0 Å². The molecule has 0 rings (SSSR count). The number of esters is 1. The Bertz CT molecular complexity index is 238. The number of hydrogen-bond acceptors (Lipinski definition) is 3. The molecular weight excluding hydrogens is 215 g/mol. The van der Waals surface area contributed by atoms with Gasteiger partial charge in [-0.25, -0.2) is 4.79 Å². The highest BCUT2D eigenvalue weighted by Crippen LogP contribution is 2.16. The van der Waals surface area contributed by atoms with E-state index in [1.807, 2.05) is 0 Å². The molecule has 0 radical (unpaired) electrons. The van der Waals surface area contributed by atoms with Crippen LogP contribution in [0, 0.1) is 0 Å². The van der Waals surface area contributed by atoms with E-state index in [4.69, 9.17) is 9.63 Å². The summed E-state index contributed by atoms with van der Waals surface area (Å²) in [4.78, 5) is 19.4. The number of rotatable bonds is 8. The molecule has 1 unspecified atom stereocenters. The summed E-state index contributed by atoms with van der Waals surface area (Å²) in [5, 5.41) is 0. The maximum Gasteiger partial charge on any atom is 0.505 e. The summed E-state index contributed by atoms with van der Waals surface area (Å²) in [5.74, 6) is -0.353. The summed E-state index contributed by atoms with van der Waals surface area (Å²) in [6.07, 6.45) is 3.71. The van der Waals surface area contributed by atoms with Crippen LogP contribution in [0.3, 0.4) is 0 Å². The van der Waals surface area contributed by atoms with Gasteiger partial charge in [0.1, 0.15) is 0 Å². The summed E-state index contributed by atoms with van der Waals surface area (Å²) in [7, 11) is -1.99. The van der Waals surface area contributed by atoms with Gasteiger partial charge in [-0.15, -0.1) is 0 Å². The molecule has 0 aliphatic heterocycles. The molecule has 0 fully saturated rings. The average molecular weight is 233 g/mol. The Morgan fingerprint density at radius 3 is 2.47 bits per heavy atom. The molecule has 0 bridgehead atoms. The summed E-state index contributed by atoms with van der Waals surface area (Å²) in [5.41, 5.74) is 0.410. The number of hydrogen-bond donors (Lipinski definition) is 1. The molecule has 0 heterocycles. The topological polar surface area (TPSA) is 63.6 Å². The average Bonchev–Trinajstić information content (AvgIpc) is 2.15. The van der Waals surface area contributed by atoms with Crippen molar-refractivity contribution in [1.82, 2.24) is 0 Å². The van der Waals surface area contributed by atoms with E-state index in [1.54, 1.807) is 6.92 Å². The molecule has 0 aromatic heterocycles. The van der Waals surface area contributed by atoms with Gasteiger partial charge in [0, 0.05) is 5.57 Å². The fourth-order valence-corrected chi connectivity index (χ4v) is 1.48. The Kier molecular flexibility index (Phi) is 8.15. The van der Waals surface area contributed by atoms with E-state index in [-0.39, 0.29) is 5.97 Å². The third-order valence-corrected chi connectivity index (χ3v) is 2.52. The molecule has 15 heavy (non-hydrogen) atoms. The Labute approximate surface area is 91.2 Å². The highest BCUT2D eigenvalue weighted by Gasteiger charge is 2.08. The normalized spacial score (nSPS) is 10.9. The van der Waals surface area contributed by atoms with E-state index in [0.29, 0.717) is 18.3 Å². The molecule has 1 atom stereocenters. The SMILES string of the molecule is C=C(C)C(=O)OCCCCCC[P+](=O)O. The monoisotopic (exact) mass is 233 g/mol. The van der Waals surface area contributed by atoms with Crippen LogP contribution in [0.25, 0.3) is 0 Å². The maximum absolute atomic E-state index is 10.9. The Hall–Kier alpha value is -0.730. The predicted molar refractivity (Wildman–Crippen MR) is 58.9 cm³/mol. The lowest BCUT2D eigenvalue weighted by Crippen LogP contribution is -2.06. The van der Waals surface area contributed by atoms with Crippen LogP contribution in [-0.2, 0) is 14.1 Å².